The van der Waals surface area contributed by atoms with Crippen molar-refractivity contribution in [3.63, 3.8) is 0 Å². The number of nitrogens with zero attached hydrogens (tertiary/aromatic N) is 2. The predicted octanol–water partition coefficient (Wildman–Crippen LogP) is 2.29. The number of carbonyl (C=O) groups is 2. The van der Waals surface area contributed by atoms with Gasteiger partial charge in [-0.05, 0) is 42.5 Å². The lowest BCUT2D eigenvalue weighted by atomic mass is 10.1. The number of halogens is 3. The molecule has 1 aliphatic heterocycles. The van der Waals surface area contributed by atoms with Crippen LogP contribution in [-0.4, -0.2) is 57.9 Å². The van der Waals surface area contributed by atoms with E-state index in [0.29, 0.717) is 24.5 Å². The summed E-state index contributed by atoms with van der Waals surface area (Å²) in [6.45, 7) is 2.04. The Morgan fingerprint density at radius 2 is 1.64 bits per heavy atom. The highest BCUT2D eigenvalue weighted by atomic mass is 32.2. The van der Waals surface area contributed by atoms with Crippen LogP contribution in [0.3, 0.4) is 0 Å². The molecule has 0 aromatic heterocycles. The Bertz CT molecular complexity index is 1110. The van der Waals surface area contributed by atoms with Gasteiger partial charge >= 0.3 is 6.18 Å². The van der Waals surface area contributed by atoms with Gasteiger partial charge in [-0.2, -0.15) is 13.2 Å². The molecule has 1 heterocycles. The lowest BCUT2D eigenvalue weighted by Gasteiger charge is -2.36. The first-order valence-electron chi connectivity index (χ1n) is 10.0. The zero-order valence-corrected chi connectivity index (χ0v) is 18.5. The van der Waals surface area contributed by atoms with Crippen LogP contribution >= 0.6 is 0 Å². The monoisotopic (exact) mass is 484 g/mol. The van der Waals surface area contributed by atoms with Crippen molar-refractivity contribution in [2.24, 2.45) is 0 Å². The van der Waals surface area contributed by atoms with Crippen molar-refractivity contribution in [3.8, 4) is 0 Å². The van der Waals surface area contributed by atoms with E-state index in [1.165, 1.54) is 42.2 Å². The fourth-order valence-corrected chi connectivity index (χ4v) is 4.34. The largest absolute Gasteiger partial charge is 0.416 e. The van der Waals surface area contributed by atoms with Crippen molar-refractivity contribution in [2.45, 2.75) is 18.0 Å². The van der Waals surface area contributed by atoms with E-state index in [2.05, 4.69) is 10.0 Å². The first-order valence-corrected chi connectivity index (χ1v) is 11.5. The van der Waals surface area contributed by atoms with Gasteiger partial charge in [0, 0.05) is 44.5 Å². The molecule has 8 nitrogen and oxygen atoms in total. The Morgan fingerprint density at radius 3 is 2.21 bits per heavy atom. The molecule has 2 aromatic carbocycles. The third-order valence-electron chi connectivity index (χ3n) is 5.07. The zero-order valence-electron chi connectivity index (χ0n) is 17.7. The second-order valence-corrected chi connectivity index (χ2v) is 9.21. The summed E-state index contributed by atoms with van der Waals surface area (Å²) in [6, 6.07) is 10.5. The van der Waals surface area contributed by atoms with E-state index in [-0.39, 0.29) is 23.9 Å². The second kappa shape index (κ2) is 9.79. The van der Waals surface area contributed by atoms with Crippen LogP contribution in [0.25, 0.3) is 0 Å². The maximum Gasteiger partial charge on any atom is 0.416 e. The normalized spacial score (nSPS) is 14.8. The summed E-state index contributed by atoms with van der Waals surface area (Å²) in [5.74, 6) is -0.723. The molecule has 0 saturated carbocycles. The highest BCUT2D eigenvalue weighted by Crippen LogP contribution is 2.31. The number of alkyl halides is 3. The topological polar surface area (TPSA) is 98.8 Å². The molecule has 3 rings (SSSR count). The fraction of sp³-hybridized carbons (Fsp3) is 0.333. The van der Waals surface area contributed by atoms with Gasteiger partial charge in [-0.15, -0.1) is 0 Å². The summed E-state index contributed by atoms with van der Waals surface area (Å²) < 4.78 is 65.9. The number of amides is 2. The summed E-state index contributed by atoms with van der Waals surface area (Å²) in [7, 11) is -3.94. The molecule has 0 bridgehead atoms. The lowest BCUT2D eigenvalue weighted by molar-refractivity contribution is -0.137. The van der Waals surface area contributed by atoms with Gasteiger partial charge in [0.05, 0.1) is 17.0 Å². The maximum absolute atomic E-state index is 12.9. The van der Waals surface area contributed by atoms with Crippen LogP contribution in [0.15, 0.2) is 53.4 Å². The first-order chi connectivity index (χ1) is 15.5. The third-order valence-corrected chi connectivity index (χ3v) is 6.49. The smallest absolute Gasteiger partial charge is 0.368 e. The highest BCUT2D eigenvalue weighted by molar-refractivity contribution is 7.89. The van der Waals surface area contributed by atoms with E-state index in [9.17, 15) is 31.2 Å². The molecule has 2 aromatic rings. The molecule has 1 aliphatic rings. The molecule has 2 amide bonds. The molecule has 0 aliphatic carbocycles. The number of hydrogen-bond donors (Lipinski definition) is 2. The predicted molar refractivity (Wildman–Crippen MR) is 116 cm³/mol. The SMILES string of the molecule is CC(=O)Nc1ccc(S(=O)(=O)NCC(=O)N2CCN(c3cccc(C(F)(F)F)c3)CC2)cc1. The van der Waals surface area contributed by atoms with E-state index < -0.39 is 34.2 Å². The average Bonchev–Trinajstić information content (AvgIpc) is 2.77. The number of benzene rings is 2. The van der Waals surface area contributed by atoms with Crippen LogP contribution in [0.5, 0.6) is 0 Å². The Kier molecular flexibility index (Phi) is 7.28. The summed E-state index contributed by atoms with van der Waals surface area (Å²) in [5.41, 5.74) is 0.120. The molecule has 178 valence electrons. The molecule has 0 unspecified atom stereocenters. The molecule has 1 fully saturated rings. The Labute approximate surface area is 189 Å². The zero-order chi connectivity index (χ0) is 24.2. The van der Waals surface area contributed by atoms with Gasteiger partial charge in [0.1, 0.15) is 0 Å². The van der Waals surface area contributed by atoms with Crippen LogP contribution in [0, 0.1) is 0 Å². The van der Waals surface area contributed by atoms with Crippen molar-refractivity contribution in [3.05, 3.63) is 54.1 Å². The maximum atomic E-state index is 12.9. The van der Waals surface area contributed by atoms with Crippen molar-refractivity contribution in [2.75, 3.05) is 42.9 Å². The molecular weight excluding hydrogens is 461 g/mol. The van der Waals surface area contributed by atoms with Gasteiger partial charge in [0.25, 0.3) is 0 Å². The second-order valence-electron chi connectivity index (χ2n) is 7.45. The van der Waals surface area contributed by atoms with Crippen molar-refractivity contribution >= 4 is 33.2 Å². The summed E-state index contributed by atoms with van der Waals surface area (Å²) in [4.78, 5) is 26.7. The average molecular weight is 485 g/mol. The van der Waals surface area contributed by atoms with Crippen molar-refractivity contribution < 1.29 is 31.2 Å². The van der Waals surface area contributed by atoms with Gasteiger partial charge in [-0.25, -0.2) is 13.1 Å². The minimum absolute atomic E-state index is 0.0567. The first kappa shape index (κ1) is 24.5. The number of anilines is 2. The standard InChI is InChI=1S/C21H23F3N4O4S/c1-15(29)26-17-5-7-19(8-6-17)33(31,32)25-14-20(30)28-11-9-27(10-12-28)18-4-2-3-16(13-18)21(22,23)24/h2-8,13,25H,9-12,14H2,1H3,(H,26,29). The number of piperazine rings is 1. The van der Waals surface area contributed by atoms with Gasteiger partial charge in [0.15, 0.2) is 0 Å². The van der Waals surface area contributed by atoms with E-state index in [0.717, 1.165) is 12.1 Å². The van der Waals surface area contributed by atoms with E-state index in [1.807, 2.05) is 0 Å². The number of rotatable bonds is 6. The van der Waals surface area contributed by atoms with E-state index in [4.69, 9.17) is 0 Å². The number of hydrogen-bond acceptors (Lipinski definition) is 5. The summed E-state index contributed by atoms with van der Waals surface area (Å²) in [6.07, 6.45) is -4.44. The molecule has 2 N–H and O–H groups in total. The molecular formula is C21H23F3N4O4S. The van der Waals surface area contributed by atoms with Crippen LogP contribution in [-0.2, 0) is 25.8 Å². The Balaban J connectivity index is 1.53. The lowest BCUT2D eigenvalue weighted by Crippen LogP contribution is -2.51. The number of sulfonamides is 1. The van der Waals surface area contributed by atoms with Crippen molar-refractivity contribution in [1.29, 1.82) is 0 Å². The van der Waals surface area contributed by atoms with E-state index >= 15 is 0 Å². The summed E-state index contributed by atoms with van der Waals surface area (Å²) >= 11 is 0. The Morgan fingerprint density at radius 1 is 1.00 bits per heavy atom. The van der Waals surface area contributed by atoms with Crippen molar-refractivity contribution in [1.82, 2.24) is 9.62 Å². The minimum Gasteiger partial charge on any atom is -0.368 e. The molecule has 0 radical (unpaired) electrons. The quantitative estimate of drug-likeness (QED) is 0.656. The Hall–Kier alpha value is -3.12. The van der Waals surface area contributed by atoms with Crippen LogP contribution in [0.2, 0.25) is 0 Å². The molecule has 1 saturated heterocycles. The minimum atomic E-state index is -4.44. The van der Waals surface area contributed by atoms with Crippen LogP contribution < -0.4 is 14.9 Å². The molecule has 12 heteroatoms. The molecule has 0 spiro atoms. The molecule has 0 atom stereocenters. The highest BCUT2D eigenvalue weighted by Gasteiger charge is 2.31. The van der Waals surface area contributed by atoms with E-state index in [1.54, 1.807) is 11.0 Å². The number of nitrogens with one attached hydrogen (secondary N) is 2. The van der Waals surface area contributed by atoms with Crippen LogP contribution in [0.4, 0.5) is 24.5 Å². The van der Waals surface area contributed by atoms with Gasteiger partial charge in [-0.1, -0.05) is 6.07 Å². The fourth-order valence-electron chi connectivity index (χ4n) is 3.37. The van der Waals surface area contributed by atoms with Crippen LogP contribution in [0.1, 0.15) is 12.5 Å². The van der Waals surface area contributed by atoms with Gasteiger partial charge in [0.2, 0.25) is 21.8 Å². The number of carbonyl (C=O) groups excluding carboxylic acids is 2. The molecule has 33 heavy (non-hydrogen) atoms. The van der Waals surface area contributed by atoms with Gasteiger partial charge in [-0.3, -0.25) is 9.59 Å². The summed E-state index contributed by atoms with van der Waals surface area (Å²) in [5, 5.41) is 2.53. The third kappa shape index (κ3) is 6.45. The van der Waals surface area contributed by atoms with Gasteiger partial charge < -0.3 is 15.1 Å².